The van der Waals surface area contributed by atoms with Gasteiger partial charge in [0.1, 0.15) is 0 Å². The number of piperazine rings is 1. The molecule has 2 aliphatic heterocycles. The second-order valence-corrected chi connectivity index (χ2v) is 5.91. The summed E-state index contributed by atoms with van der Waals surface area (Å²) in [5.41, 5.74) is 6.10. The summed E-state index contributed by atoms with van der Waals surface area (Å²) in [7, 11) is 0. The molecule has 0 bridgehead atoms. The van der Waals surface area contributed by atoms with Crippen molar-refractivity contribution in [3.8, 4) is 0 Å². The second-order valence-electron chi connectivity index (χ2n) is 5.91. The molecule has 92 valence electrons. The number of nitrogens with zero attached hydrogens (tertiary/aromatic N) is 2. The van der Waals surface area contributed by atoms with Gasteiger partial charge in [0.05, 0.1) is 0 Å². The molecule has 3 rings (SSSR count). The summed E-state index contributed by atoms with van der Waals surface area (Å²) >= 11 is 0. The predicted octanol–water partition coefficient (Wildman–Crippen LogP) is 1.04. The lowest BCUT2D eigenvalue weighted by Gasteiger charge is -2.43. The SMILES string of the molecule is NC1CCCC(N2CCN3CCCC3C2)C1. The second kappa shape index (κ2) is 4.63. The Labute approximate surface area is 99.0 Å². The Morgan fingerprint density at radius 3 is 2.50 bits per heavy atom. The first-order valence-electron chi connectivity index (χ1n) is 7.06. The standard InChI is InChI=1S/C13H25N3/c14-11-3-1-4-12(9-11)16-8-7-15-6-2-5-13(15)10-16/h11-13H,1-10,14H2. The highest BCUT2D eigenvalue weighted by atomic mass is 15.3. The van der Waals surface area contributed by atoms with Gasteiger partial charge in [-0.2, -0.15) is 0 Å². The molecule has 3 nitrogen and oxygen atoms in total. The maximum atomic E-state index is 6.10. The minimum atomic E-state index is 0.473. The summed E-state index contributed by atoms with van der Waals surface area (Å²) in [6.45, 7) is 5.25. The van der Waals surface area contributed by atoms with E-state index in [1.54, 1.807) is 0 Å². The fourth-order valence-electron chi connectivity index (χ4n) is 3.88. The van der Waals surface area contributed by atoms with Crippen molar-refractivity contribution in [1.29, 1.82) is 0 Å². The van der Waals surface area contributed by atoms with Crippen LogP contribution < -0.4 is 5.73 Å². The average molecular weight is 223 g/mol. The average Bonchev–Trinajstić information content (AvgIpc) is 2.75. The van der Waals surface area contributed by atoms with Crippen molar-refractivity contribution >= 4 is 0 Å². The van der Waals surface area contributed by atoms with Crippen molar-refractivity contribution in [2.75, 3.05) is 26.2 Å². The van der Waals surface area contributed by atoms with Crippen LogP contribution in [0.15, 0.2) is 0 Å². The Morgan fingerprint density at radius 1 is 0.812 bits per heavy atom. The smallest absolute Gasteiger partial charge is 0.0224 e. The van der Waals surface area contributed by atoms with E-state index in [9.17, 15) is 0 Å². The van der Waals surface area contributed by atoms with Crippen molar-refractivity contribution in [3.05, 3.63) is 0 Å². The zero-order valence-electron chi connectivity index (χ0n) is 10.3. The van der Waals surface area contributed by atoms with Crippen LogP contribution in [0.1, 0.15) is 38.5 Å². The molecule has 3 heteroatoms. The summed E-state index contributed by atoms with van der Waals surface area (Å²) in [6, 6.07) is 2.14. The first kappa shape index (κ1) is 11.0. The third-order valence-corrected chi connectivity index (χ3v) is 4.82. The molecule has 0 amide bonds. The van der Waals surface area contributed by atoms with E-state index >= 15 is 0 Å². The molecule has 0 aromatic carbocycles. The molecular formula is C13H25N3. The van der Waals surface area contributed by atoms with Crippen LogP contribution in [0.4, 0.5) is 0 Å². The Hall–Kier alpha value is -0.120. The number of hydrogen-bond donors (Lipinski definition) is 1. The zero-order valence-corrected chi connectivity index (χ0v) is 10.3. The topological polar surface area (TPSA) is 32.5 Å². The molecule has 2 saturated heterocycles. The van der Waals surface area contributed by atoms with Crippen molar-refractivity contribution in [2.45, 2.75) is 56.7 Å². The maximum Gasteiger partial charge on any atom is 0.0224 e. The van der Waals surface area contributed by atoms with Crippen LogP contribution in [0.5, 0.6) is 0 Å². The van der Waals surface area contributed by atoms with Gasteiger partial charge in [0.25, 0.3) is 0 Å². The number of fused-ring (bicyclic) bond motifs is 1. The van der Waals surface area contributed by atoms with Crippen molar-refractivity contribution in [3.63, 3.8) is 0 Å². The molecule has 3 fully saturated rings. The Bertz CT molecular complexity index is 243. The van der Waals surface area contributed by atoms with Crippen LogP contribution in [0.3, 0.4) is 0 Å². The predicted molar refractivity (Wildman–Crippen MR) is 66.4 cm³/mol. The lowest BCUT2D eigenvalue weighted by molar-refractivity contribution is 0.0543. The van der Waals surface area contributed by atoms with Gasteiger partial charge in [0.2, 0.25) is 0 Å². The molecule has 2 N–H and O–H groups in total. The van der Waals surface area contributed by atoms with Crippen molar-refractivity contribution < 1.29 is 0 Å². The summed E-state index contributed by atoms with van der Waals surface area (Å²) < 4.78 is 0. The van der Waals surface area contributed by atoms with Crippen LogP contribution in [0.2, 0.25) is 0 Å². The van der Waals surface area contributed by atoms with E-state index in [0.717, 1.165) is 12.1 Å². The highest BCUT2D eigenvalue weighted by Crippen LogP contribution is 2.27. The largest absolute Gasteiger partial charge is 0.328 e. The number of hydrogen-bond acceptors (Lipinski definition) is 3. The van der Waals surface area contributed by atoms with Crippen LogP contribution in [-0.2, 0) is 0 Å². The quantitative estimate of drug-likeness (QED) is 0.721. The summed E-state index contributed by atoms with van der Waals surface area (Å²) in [4.78, 5) is 5.44. The molecule has 3 aliphatic rings. The Morgan fingerprint density at radius 2 is 1.62 bits per heavy atom. The van der Waals surface area contributed by atoms with Crippen molar-refractivity contribution in [1.82, 2.24) is 9.80 Å². The Kier molecular flexibility index (Phi) is 3.18. The van der Waals surface area contributed by atoms with Crippen LogP contribution in [0, 0.1) is 0 Å². The molecule has 3 atom stereocenters. The number of nitrogens with two attached hydrogens (primary N) is 1. The van der Waals surface area contributed by atoms with E-state index in [1.165, 1.54) is 64.7 Å². The van der Waals surface area contributed by atoms with Gasteiger partial charge in [0.15, 0.2) is 0 Å². The van der Waals surface area contributed by atoms with E-state index in [4.69, 9.17) is 5.73 Å². The highest BCUT2D eigenvalue weighted by molar-refractivity contribution is 4.91. The lowest BCUT2D eigenvalue weighted by atomic mass is 9.90. The summed E-state index contributed by atoms with van der Waals surface area (Å²) in [5, 5.41) is 0. The van der Waals surface area contributed by atoms with E-state index in [0.29, 0.717) is 6.04 Å². The lowest BCUT2D eigenvalue weighted by Crippen LogP contribution is -2.55. The van der Waals surface area contributed by atoms with Crippen LogP contribution in [0.25, 0.3) is 0 Å². The van der Waals surface area contributed by atoms with Gasteiger partial charge < -0.3 is 5.73 Å². The van der Waals surface area contributed by atoms with E-state index < -0.39 is 0 Å². The fraction of sp³-hybridized carbons (Fsp3) is 1.00. The molecule has 0 aromatic heterocycles. The van der Waals surface area contributed by atoms with Crippen LogP contribution in [-0.4, -0.2) is 54.1 Å². The van der Waals surface area contributed by atoms with E-state index in [2.05, 4.69) is 9.80 Å². The molecule has 1 saturated carbocycles. The van der Waals surface area contributed by atoms with Gasteiger partial charge in [-0.3, -0.25) is 9.80 Å². The zero-order chi connectivity index (χ0) is 11.0. The normalized spacial score (nSPS) is 42.2. The van der Waals surface area contributed by atoms with Gasteiger partial charge >= 0.3 is 0 Å². The van der Waals surface area contributed by atoms with Gasteiger partial charge in [-0.25, -0.2) is 0 Å². The third-order valence-electron chi connectivity index (χ3n) is 4.82. The summed E-state index contributed by atoms with van der Waals surface area (Å²) in [5.74, 6) is 0. The molecule has 2 heterocycles. The van der Waals surface area contributed by atoms with Crippen molar-refractivity contribution in [2.24, 2.45) is 5.73 Å². The third kappa shape index (κ3) is 2.13. The van der Waals surface area contributed by atoms with E-state index in [1.807, 2.05) is 0 Å². The minimum absolute atomic E-state index is 0.473. The molecule has 0 spiro atoms. The first-order chi connectivity index (χ1) is 7.83. The fourth-order valence-corrected chi connectivity index (χ4v) is 3.88. The molecule has 1 aliphatic carbocycles. The van der Waals surface area contributed by atoms with Gasteiger partial charge in [-0.1, -0.05) is 6.42 Å². The molecule has 3 unspecified atom stereocenters. The maximum absolute atomic E-state index is 6.10. The molecule has 16 heavy (non-hydrogen) atoms. The number of rotatable bonds is 1. The van der Waals surface area contributed by atoms with Crippen LogP contribution >= 0.6 is 0 Å². The molecule has 0 radical (unpaired) electrons. The molecule has 0 aromatic rings. The monoisotopic (exact) mass is 223 g/mol. The van der Waals surface area contributed by atoms with E-state index in [-0.39, 0.29) is 0 Å². The first-order valence-corrected chi connectivity index (χ1v) is 7.06. The minimum Gasteiger partial charge on any atom is -0.328 e. The van der Waals surface area contributed by atoms with Gasteiger partial charge in [-0.15, -0.1) is 0 Å². The molecular weight excluding hydrogens is 198 g/mol. The van der Waals surface area contributed by atoms with Gasteiger partial charge in [0, 0.05) is 37.8 Å². The Balaban J connectivity index is 1.58. The van der Waals surface area contributed by atoms with Gasteiger partial charge in [-0.05, 0) is 38.6 Å². The highest BCUT2D eigenvalue weighted by Gasteiger charge is 2.34. The summed E-state index contributed by atoms with van der Waals surface area (Å²) in [6.07, 6.45) is 8.07.